The standard InChI is InChI=1S/C12H18N2S/c15-11-14-8-6-13(7-9-14)10-12-4-2-1-3-5-12/h1-5,15H,6-11H2. The van der Waals surface area contributed by atoms with E-state index in [1.165, 1.54) is 5.56 Å². The van der Waals surface area contributed by atoms with Crippen LogP contribution in [0.4, 0.5) is 0 Å². The summed E-state index contributed by atoms with van der Waals surface area (Å²) in [5, 5.41) is 0. The summed E-state index contributed by atoms with van der Waals surface area (Å²) in [6.45, 7) is 5.71. The van der Waals surface area contributed by atoms with Crippen molar-refractivity contribution >= 4 is 12.6 Å². The average Bonchev–Trinajstić information content (AvgIpc) is 2.31. The van der Waals surface area contributed by atoms with Crippen molar-refractivity contribution in [2.45, 2.75) is 6.54 Å². The second-order valence-electron chi connectivity index (χ2n) is 4.02. The van der Waals surface area contributed by atoms with E-state index in [2.05, 4.69) is 52.8 Å². The van der Waals surface area contributed by atoms with Crippen molar-refractivity contribution in [2.24, 2.45) is 0 Å². The van der Waals surface area contributed by atoms with Gasteiger partial charge in [-0.15, -0.1) is 0 Å². The number of benzene rings is 1. The highest BCUT2D eigenvalue weighted by Gasteiger charge is 2.15. The number of thiol groups is 1. The average molecular weight is 222 g/mol. The molecule has 0 amide bonds. The first kappa shape index (κ1) is 11.0. The number of rotatable bonds is 3. The van der Waals surface area contributed by atoms with Crippen LogP contribution in [0.15, 0.2) is 30.3 Å². The lowest BCUT2D eigenvalue weighted by atomic mass is 10.2. The van der Waals surface area contributed by atoms with E-state index in [-0.39, 0.29) is 0 Å². The smallest absolute Gasteiger partial charge is 0.0415 e. The molecule has 1 fully saturated rings. The molecule has 1 aliphatic rings. The van der Waals surface area contributed by atoms with Gasteiger partial charge in [0.15, 0.2) is 0 Å². The molecule has 2 nitrogen and oxygen atoms in total. The van der Waals surface area contributed by atoms with Gasteiger partial charge in [0.05, 0.1) is 0 Å². The van der Waals surface area contributed by atoms with Gasteiger partial charge in [0, 0.05) is 38.6 Å². The Bertz CT molecular complexity index is 281. The Balaban J connectivity index is 1.82. The molecule has 1 heterocycles. The summed E-state index contributed by atoms with van der Waals surface area (Å²) < 4.78 is 0. The highest BCUT2D eigenvalue weighted by atomic mass is 32.1. The summed E-state index contributed by atoms with van der Waals surface area (Å²) in [6.07, 6.45) is 0. The predicted molar refractivity (Wildman–Crippen MR) is 67.1 cm³/mol. The van der Waals surface area contributed by atoms with Gasteiger partial charge in [-0.3, -0.25) is 9.80 Å². The van der Waals surface area contributed by atoms with Gasteiger partial charge in [-0.05, 0) is 5.56 Å². The second kappa shape index (κ2) is 5.54. The Hall–Kier alpha value is -0.510. The molecule has 0 N–H and O–H groups in total. The van der Waals surface area contributed by atoms with Crippen molar-refractivity contribution < 1.29 is 0 Å². The van der Waals surface area contributed by atoms with Crippen LogP contribution in [0.3, 0.4) is 0 Å². The molecular weight excluding hydrogens is 204 g/mol. The summed E-state index contributed by atoms with van der Waals surface area (Å²) in [4.78, 5) is 4.89. The van der Waals surface area contributed by atoms with E-state index in [0.29, 0.717) is 0 Å². The first-order valence-electron chi connectivity index (χ1n) is 5.48. The third-order valence-electron chi connectivity index (χ3n) is 2.91. The molecule has 1 aliphatic heterocycles. The maximum Gasteiger partial charge on any atom is 0.0415 e. The molecule has 0 radical (unpaired) electrons. The van der Waals surface area contributed by atoms with Crippen molar-refractivity contribution in [3.63, 3.8) is 0 Å². The molecule has 0 aromatic heterocycles. The second-order valence-corrected chi connectivity index (χ2v) is 4.30. The van der Waals surface area contributed by atoms with Crippen molar-refractivity contribution in [2.75, 3.05) is 32.1 Å². The Labute approximate surface area is 97.3 Å². The van der Waals surface area contributed by atoms with E-state index in [9.17, 15) is 0 Å². The van der Waals surface area contributed by atoms with E-state index < -0.39 is 0 Å². The lowest BCUT2D eigenvalue weighted by Gasteiger charge is -2.33. The minimum atomic E-state index is 0.888. The zero-order valence-corrected chi connectivity index (χ0v) is 9.87. The molecule has 0 unspecified atom stereocenters. The Morgan fingerprint density at radius 1 is 0.933 bits per heavy atom. The van der Waals surface area contributed by atoms with Gasteiger partial charge < -0.3 is 0 Å². The van der Waals surface area contributed by atoms with Crippen molar-refractivity contribution in [3.05, 3.63) is 35.9 Å². The van der Waals surface area contributed by atoms with Crippen molar-refractivity contribution in [1.82, 2.24) is 9.80 Å². The normalized spacial score (nSPS) is 19.3. The van der Waals surface area contributed by atoms with E-state index >= 15 is 0 Å². The third-order valence-corrected chi connectivity index (χ3v) is 3.31. The molecule has 1 saturated heterocycles. The van der Waals surface area contributed by atoms with Gasteiger partial charge in [-0.2, -0.15) is 12.6 Å². The van der Waals surface area contributed by atoms with Crippen LogP contribution in [0, 0.1) is 0 Å². The van der Waals surface area contributed by atoms with Crippen LogP contribution >= 0.6 is 12.6 Å². The van der Waals surface area contributed by atoms with Gasteiger partial charge in [-0.1, -0.05) is 30.3 Å². The summed E-state index contributed by atoms with van der Waals surface area (Å²) in [6, 6.07) is 10.7. The Morgan fingerprint density at radius 2 is 1.53 bits per heavy atom. The van der Waals surface area contributed by atoms with Gasteiger partial charge in [-0.25, -0.2) is 0 Å². The molecular formula is C12H18N2S. The van der Waals surface area contributed by atoms with Crippen molar-refractivity contribution in [3.8, 4) is 0 Å². The zero-order chi connectivity index (χ0) is 10.5. The predicted octanol–water partition coefficient (Wildman–Crippen LogP) is 1.69. The fourth-order valence-electron chi connectivity index (χ4n) is 1.93. The quantitative estimate of drug-likeness (QED) is 0.778. The van der Waals surface area contributed by atoms with Gasteiger partial charge in [0.1, 0.15) is 0 Å². The molecule has 15 heavy (non-hydrogen) atoms. The molecule has 82 valence electrons. The van der Waals surface area contributed by atoms with Gasteiger partial charge in [0.25, 0.3) is 0 Å². The van der Waals surface area contributed by atoms with Crippen LogP contribution in [-0.2, 0) is 6.54 Å². The van der Waals surface area contributed by atoms with Crippen molar-refractivity contribution in [1.29, 1.82) is 0 Å². The number of hydrogen-bond acceptors (Lipinski definition) is 3. The fourth-order valence-corrected chi connectivity index (χ4v) is 2.21. The van der Waals surface area contributed by atoms with Gasteiger partial charge in [0.2, 0.25) is 0 Å². The Kier molecular flexibility index (Phi) is 4.06. The van der Waals surface area contributed by atoms with E-state index in [0.717, 1.165) is 38.6 Å². The molecule has 1 aromatic rings. The number of hydrogen-bond donors (Lipinski definition) is 1. The molecule has 1 aromatic carbocycles. The van der Waals surface area contributed by atoms with Crippen LogP contribution < -0.4 is 0 Å². The highest BCUT2D eigenvalue weighted by Crippen LogP contribution is 2.08. The summed E-state index contributed by atoms with van der Waals surface area (Å²) in [5.74, 6) is 0.888. The lowest BCUT2D eigenvalue weighted by molar-refractivity contribution is 0.144. The zero-order valence-electron chi connectivity index (χ0n) is 8.97. The SMILES string of the molecule is SCN1CCN(Cc2ccccc2)CC1. The summed E-state index contributed by atoms with van der Waals surface area (Å²) in [5.41, 5.74) is 1.41. The molecule has 0 spiro atoms. The maximum absolute atomic E-state index is 4.30. The fraction of sp³-hybridized carbons (Fsp3) is 0.500. The monoisotopic (exact) mass is 222 g/mol. The van der Waals surface area contributed by atoms with Crippen LogP contribution in [-0.4, -0.2) is 41.9 Å². The summed E-state index contributed by atoms with van der Waals surface area (Å²) >= 11 is 4.30. The topological polar surface area (TPSA) is 6.48 Å². The molecule has 0 saturated carbocycles. The third kappa shape index (κ3) is 3.23. The number of piperazine rings is 1. The van der Waals surface area contributed by atoms with Crippen LogP contribution in [0.25, 0.3) is 0 Å². The largest absolute Gasteiger partial charge is 0.297 e. The molecule has 3 heteroatoms. The molecule has 2 rings (SSSR count). The highest BCUT2D eigenvalue weighted by molar-refractivity contribution is 7.80. The lowest BCUT2D eigenvalue weighted by Crippen LogP contribution is -2.45. The van der Waals surface area contributed by atoms with Gasteiger partial charge >= 0.3 is 0 Å². The number of nitrogens with zero attached hydrogens (tertiary/aromatic N) is 2. The van der Waals surface area contributed by atoms with E-state index in [1.807, 2.05) is 0 Å². The maximum atomic E-state index is 4.30. The molecule has 0 bridgehead atoms. The minimum Gasteiger partial charge on any atom is -0.297 e. The van der Waals surface area contributed by atoms with Crippen LogP contribution in [0.2, 0.25) is 0 Å². The first-order valence-corrected chi connectivity index (χ1v) is 6.11. The van der Waals surface area contributed by atoms with E-state index in [4.69, 9.17) is 0 Å². The first-order chi connectivity index (χ1) is 7.38. The van der Waals surface area contributed by atoms with Crippen LogP contribution in [0.5, 0.6) is 0 Å². The van der Waals surface area contributed by atoms with E-state index in [1.54, 1.807) is 0 Å². The minimum absolute atomic E-state index is 0.888. The molecule has 0 aliphatic carbocycles. The van der Waals surface area contributed by atoms with Crippen LogP contribution in [0.1, 0.15) is 5.56 Å². The Morgan fingerprint density at radius 3 is 2.13 bits per heavy atom. The molecule has 0 atom stereocenters. The summed E-state index contributed by atoms with van der Waals surface area (Å²) in [7, 11) is 0.